The minimum absolute atomic E-state index is 0.209. The molecule has 0 atom stereocenters. The van der Waals surface area contributed by atoms with Crippen LogP contribution < -0.4 is 0 Å². The molecular weight excluding hydrogens is 223 g/mol. The zero-order chi connectivity index (χ0) is 12.7. The van der Waals surface area contributed by atoms with Gasteiger partial charge in [0.15, 0.2) is 0 Å². The van der Waals surface area contributed by atoms with Crippen molar-refractivity contribution in [3.63, 3.8) is 0 Å². The predicted octanol–water partition coefficient (Wildman–Crippen LogP) is 1.61. The summed E-state index contributed by atoms with van der Waals surface area (Å²) in [6.07, 6.45) is 3.68. The van der Waals surface area contributed by atoms with Gasteiger partial charge in [-0.2, -0.15) is 0 Å². The summed E-state index contributed by atoms with van der Waals surface area (Å²) in [4.78, 5) is 16.9. The van der Waals surface area contributed by atoms with Gasteiger partial charge in [0.05, 0.1) is 19.9 Å². The van der Waals surface area contributed by atoms with Gasteiger partial charge in [-0.1, -0.05) is 6.92 Å². The van der Waals surface area contributed by atoms with Crippen molar-refractivity contribution in [3.05, 3.63) is 29.8 Å². The molecule has 0 aromatic carbocycles. The van der Waals surface area contributed by atoms with E-state index < -0.39 is 0 Å². The molecule has 1 aromatic heterocycles. The van der Waals surface area contributed by atoms with Gasteiger partial charge < -0.3 is 4.74 Å². The lowest BCUT2D eigenvalue weighted by Gasteiger charge is -2.19. The van der Waals surface area contributed by atoms with E-state index in [0.717, 1.165) is 24.7 Å². The van der Waals surface area contributed by atoms with E-state index in [1.165, 1.54) is 13.2 Å². The maximum absolute atomic E-state index is 13.0. The van der Waals surface area contributed by atoms with Crippen LogP contribution in [0.3, 0.4) is 0 Å². The van der Waals surface area contributed by atoms with Crippen molar-refractivity contribution in [2.75, 3.05) is 20.2 Å². The van der Waals surface area contributed by atoms with Gasteiger partial charge in [-0.05, 0) is 24.6 Å². The van der Waals surface area contributed by atoms with E-state index in [1.807, 2.05) is 11.8 Å². The largest absolute Gasteiger partial charge is 0.468 e. The summed E-state index contributed by atoms with van der Waals surface area (Å²) < 4.78 is 17.6. The molecule has 1 aromatic rings. The summed E-state index contributed by atoms with van der Waals surface area (Å²) in [7, 11) is 1.36. The molecule has 1 rings (SSSR count). The number of carbonyl (C=O) groups excluding carboxylic acids is 1. The highest BCUT2D eigenvalue weighted by Gasteiger charge is 2.11. The first-order valence-corrected chi connectivity index (χ1v) is 5.54. The smallest absolute Gasteiger partial charge is 0.319 e. The highest BCUT2D eigenvalue weighted by molar-refractivity contribution is 5.71. The van der Waals surface area contributed by atoms with Gasteiger partial charge in [-0.15, -0.1) is 0 Å². The van der Waals surface area contributed by atoms with Gasteiger partial charge in [-0.3, -0.25) is 14.7 Å². The van der Waals surface area contributed by atoms with E-state index in [9.17, 15) is 9.18 Å². The van der Waals surface area contributed by atoms with Crippen molar-refractivity contribution in [3.8, 4) is 0 Å². The van der Waals surface area contributed by atoms with Crippen LogP contribution in [0.5, 0.6) is 0 Å². The second kappa shape index (κ2) is 6.96. The molecule has 0 aliphatic rings. The number of halogens is 1. The molecule has 0 saturated heterocycles. The lowest BCUT2D eigenvalue weighted by Crippen LogP contribution is -2.30. The predicted molar refractivity (Wildman–Crippen MR) is 61.8 cm³/mol. The first kappa shape index (κ1) is 13.6. The molecule has 0 radical (unpaired) electrons. The summed E-state index contributed by atoms with van der Waals surface area (Å²) in [6, 6.07) is 1.42. The number of hydrogen-bond donors (Lipinski definition) is 0. The average molecular weight is 240 g/mol. The Morgan fingerprint density at radius 2 is 2.29 bits per heavy atom. The number of aromatic nitrogens is 1. The standard InChI is InChI=1S/C12H17FN2O2/c1-3-4-15(9-12(16)17-2)8-10-5-11(13)7-14-6-10/h5-7H,3-4,8-9H2,1-2H3. The summed E-state index contributed by atoms with van der Waals surface area (Å²) in [5, 5.41) is 0. The molecule has 0 aliphatic heterocycles. The molecule has 4 nitrogen and oxygen atoms in total. The van der Waals surface area contributed by atoms with Crippen molar-refractivity contribution in [2.24, 2.45) is 0 Å². The van der Waals surface area contributed by atoms with Crippen molar-refractivity contribution < 1.29 is 13.9 Å². The van der Waals surface area contributed by atoms with E-state index in [-0.39, 0.29) is 18.3 Å². The number of methoxy groups -OCH3 is 1. The van der Waals surface area contributed by atoms with E-state index in [4.69, 9.17) is 0 Å². The Bertz CT molecular complexity index is 371. The van der Waals surface area contributed by atoms with E-state index >= 15 is 0 Å². The summed E-state index contributed by atoms with van der Waals surface area (Å²) in [6.45, 7) is 3.48. The molecular formula is C12H17FN2O2. The highest BCUT2D eigenvalue weighted by atomic mass is 19.1. The topological polar surface area (TPSA) is 42.4 Å². The number of carbonyl (C=O) groups is 1. The number of pyridine rings is 1. The van der Waals surface area contributed by atoms with Gasteiger partial charge in [0.25, 0.3) is 0 Å². The Morgan fingerprint density at radius 3 is 2.88 bits per heavy atom. The third-order valence-electron chi connectivity index (χ3n) is 2.29. The third kappa shape index (κ3) is 4.91. The lowest BCUT2D eigenvalue weighted by molar-refractivity contribution is -0.142. The molecule has 0 aliphatic carbocycles. The Kier molecular flexibility index (Phi) is 5.56. The average Bonchev–Trinajstić information content (AvgIpc) is 2.29. The molecule has 0 amide bonds. The van der Waals surface area contributed by atoms with Crippen LogP contribution in [0.25, 0.3) is 0 Å². The normalized spacial score (nSPS) is 10.6. The zero-order valence-corrected chi connectivity index (χ0v) is 10.1. The van der Waals surface area contributed by atoms with Crippen LogP contribution in [0.1, 0.15) is 18.9 Å². The SMILES string of the molecule is CCCN(CC(=O)OC)Cc1cncc(F)c1. The fourth-order valence-electron chi connectivity index (χ4n) is 1.58. The molecule has 0 bridgehead atoms. The third-order valence-corrected chi connectivity index (χ3v) is 2.29. The van der Waals surface area contributed by atoms with Crippen LogP contribution in [-0.4, -0.2) is 36.1 Å². The molecule has 5 heteroatoms. The van der Waals surface area contributed by atoms with Crippen molar-refractivity contribution >= 4 is 5.97 Å². The number of ether oxygens (including phenoxy) is 1. The van der Waals surface area contributed by atoms with Crippen molar-refractivity contribution in [1.29, 1.82) is 0 Å². The summed E-state index contributed by atoms with van der Waals surface area (Å²) in [5.74, 6) is -0.653. The quantitative estimate of drug-likeness (QED) is 0.708. The van der Waals surface area contributed by atoms with Crippen LogP contribution in [0.15, 0.2) is 18.5 Å². The fourth-order valence-corrected chi connectivity index (χ4v) is 1.58. The van der Waals surface area contributed by atoms with E-state index in [1.54, 1.807) is 6.20 Å². The Hall–Kier alpha value is -1.49. The molecule has 1 heterocycles. The monoisotopic (exact) mass is 240 g/mol. The fraction of sp³-hybridized carbons (Fsp3) is 0.500. The number of rotatable bonds is 6. The molecule has 0 spiro atoms. The van der Waals surface area contributed by atoms with E-state index in [0.29, 0.717) is 6.54 Å². The van der Waals surface area contributed by atoms with Gasteiger partial charge in [0, 0.05) is 12.7 Å². The maximum Gasteiger partial charge on any atom is 0.319 e. The minimum Gasteiger partial charge on any atom is -0.468 e. The highest BCUT2D eigenvalue weighted by Crippen LogP contribution is 2.06. The van der Waals surface area contributed by atoms with Crippen LogP contribution >= 0.6 is 0 Å². The minimum atomic E-state index is -0.364. The van der Waals surface area contributed by atoms with Crippen LogP contribution in [0, 0.1) is 5.82 Å². The first-order chi connectivity index (χ1) is 8.15. The van der Waals surface area contributed by atoms with Crippen molar-refractivity contribution in [2.45, 2.75) is 19.9 Å². The van der Waals surface area contributed by atoms with Crippen molar-refractivity contribution in [1.82, 2.24) is 9.88 Å². The van der Waals surface area contributed by atoms with Gasteiger partial charge in [0.1, 0.15) is 5.82 Å². The van der Waals surface area contributed by atoms with Crippen LogP contribution in [-0.2, 0) is 16.1 Å². The number of hydrogen-bond acceptors (Lipinski definition) is 4. The lowest BCUT2D eigenvalue weighted by atomic mass is 10.2. The first-order valence-electron chi connectivity index (χ1n) is 5.54. The summed E-state index contributed by atoms with van der Waals surface area (Å²) >= 11 is 0. The maximum atomic E-state index is 13.0. The second-order valence-corrected chi connectivity index (χ2v) is 3.80. The molecule has 0 N–H and O–H groups in total. The summed E-state index contributed by atoms with van der Waals surface area (Å²) in [5.41, 5.74) is 0.752. The Morgan fingerprint density at radius 1 is 1.53 bits per heavy atom. The number of esters is 1. The number of nitrogens with zero attached hydrogens (tertiary/aromatic N) is 2. The second-order valence-electron chi connectivity index (χ2n) is 3.80. The van der Waals surface area contributed by atoms with Crippen LogP contribution in [0.4, 0.5) is 4.39 Å². The molecule has 17 heavy (non-hydrogen) atoms. The van der Waals surface area contributed by atoms with Crippen LogP contribution in [0.2, 0.25) is 0 Å². The Labute approximate surface area is 100 Å². The molecule has 0 unspecified atom stereocenters. The Balaban J connectivity index is 2.62. The van der Waals surface area contributed by atoms with E-state index in [2.05, 4.69) is 9.72 Å². The zero-order valence-electron chi connectivity index (χ0n) is 10.1. The van der Waals surface area contributed by atoms with Gasteiger partial charge >= 0.3 is 5.97 Å². The molecule has 0 fully saturated rings. The van der Waals surface area contributed by atoms with Gasteiger partial charge in [-0.25, -0.2) is 4.39 Å². The molecule has 94 valence electrons. The molecule has 0 saturated carbocycles. The van der Waals surface area contributed by atoms with Gasteiger partial charge in [0.2, 0.25) is 0 Å².